The van der Waals surface area contributed by atoms with Crippen LogP contribution in [0, 0.1) is 17.8 Å². The summed E-state index contributed by atoms with van der Waals surface area (Å²) in [7, 11) is 0.988. The van der Waals surface area contributed by atoms with Crippen LogP contribution in [0.15, 0.2) is 30.4 Å². The third kappa shape index (κ3) is 9.52. The van der Waals surface area contributed by atoms with Crippen molar-refractivity contribution in [3.05, 3.63) is 30.4 Å². The summed E-state index contributed by atoms with van der Waals surface area (Å²) in [5.74, 6) is -2.68. The summed E-state index contributed by atoms with van der Waals surface area (Å²) in [5.41, 5.74) is -3.57. The highest BCUT2D eigenvalue weighted by atomic mass is 32.2. The molecule has 0 radical (unpaired) electrons. The molecule has 6 rings (SSSR count). The molecule has 1 aromatic heterocycles. The molecule has 3 N–H and O–H groups in total. The summed E-state index contributed by atoms with van der Waals surface area (Å²) < 4.78 is 86.1. The van der Waals surface area contributed by atoms with Gasteiger partial charge in [0.05, 0.1) is 29.9 Å². The predicted octanol–water partition coefficient (Wildman–Crippen LogP) is 4.37. The summed E-state index contributed by atoms with van der Waals surface area (Å²) in [4.78, 5) is 68.9. The van der Waals surface area contributed by atoms with E-state index in [0.29, 0.717) is 75.0 Å². The number of ether oxygens (including phenoxy) is 3. The van der Waals surface area contributed by atoms with Gasteiger partial charge in [0.25, 0.3) is 11.8 Å². The molecule has 16 nitrogen and oxygen atoms in total. The molecule has 4 amide bonds. The largest absolute Gasteiger partial charge is 0.497 e. The van der Waals surface area contributed by atoms with E-state index in [0.717, 1.165) is 0 Å². The lowest BCUT2D eigenvalue weighted by atomic mass is 9.85. The molecule has 2 aliphatic carbocycles. The van der Waals surface area contributed by atoms with Gasteiger partial charge in [-0.25, -0.2) is 23.2 Å². The van der Waals surface area contributed by atoms with Gasteiger partial charge in [0.1, 0.15) is 29.5 Å². The molecule has 4 aliphatic rings. The smallest absolute Gasteiger partial charge is 0.427 e. The van der Waals surface area contributed by atoms with Crippen molar-refractivity contribution in [1.29, 1.82) is 0 Å². The fourth-order valence-electron chi connectivity index (χ4n) is 7.83. The number of rotatable bonds is 10. The number of alkyl halides is 3. The Balaban J connectivity index is 1.38. The zero-order valence-electron chi connectivity index (χ0n) is 34.8. The fraction of sp³-hybridized carbons (Fsp3) is 0.650. The van der Waals surface area contributed by atoms with Crippen molar-refractivity contribution in [1.82, 2.24) is 30.2 Å². The summed E-state index contributed by atoms with van der Waals surface area (Å²) >= 11 is 0. The van der Waals surface area contributed by atoms with Crippen LogP contribution in [0.3, 0.4) is 0 Å². The van der Waals surface area contributed by atoms with Crippen molar-refractivity contribution in [3.63, 3.8) is 0 Å². The Bertz CT molecular complexity index is 2130. The number of hydrogen-bond donors (Lipinski definition) is 3. The molecule has 20 heteroatoms. The molecule has 7 atom stereocenters. The average Bonchev–Trinajstić information content (AvgIpc) is 4.10. The number of nitrogens with one attached hydrogen (secondary N) is 3. The lowest BCUT2D eigenvalue weighted by Gasteiger charge is -2.35. The third-order valence-corrected chi connectivity index (χ3v) is 13.6. The van der Waals surface area contributed by atoms with Crippen LogP contribution in [0.1, 0.15) is 79.1 Å². The highest BCUT2D eigenvalue weighted by Crippen LogP contribution is 2.46. The van der Waals surface area contributed by atoms with Gasteiger partial charge in [-0.05, 0) is 76.3 Å². The number of hydrogen-bond acceptors (Lipinski definition) is 12. The summed E-state index contributed by atoms with van der Waals surface area (Å²) in [5, 5.41) is 4.52. The van der Waals surface area contributed by atoms with Crippen LogP contribution in [0.25, 0.3) is 11.0 Å². The van der Waals surface area contributed by atoms with E-state index in [1.807, 2.05) is 13.0 Å². The summed E-state index contributed by atoms with van der Waals surface area (Å²) in [6.45, 7) is 4.90. The average molecular weight is 866 g/mol. The summed E-state index contributed by atoms with van der Waals surface area (Å²) in [6, 6.07) is 2.32. The number of anilines is 1. The number of amides is 4. The molecule has 2 aliphatic heterocycles. The lowest BCUT2D eigenvalue weighted by Crippen LogP contribution is -2.59. The molecule has 1 aromatic carbocycles. The Labute approximate surface area is 347 Å². The number of allylic oxidation sites excluding steroid dienone is 1. The maximum Gasteiger partial charge on any atom is 0.427 e. The molecular weight excluding hydrogens is 812 g/mol. The van der Waals surface area contributed by atoms with Gasteiger partial charge >= 0.3 is 12.3 Å². The number of sulfonamides is 1. The van der Waals surface area contributed by atoms with Gasteiger partial charge in [-0.3, -0.25) is 19.1 Å². The quantitative estimate of drug-likeness (QED) is 0.286. The van der Waals surface area contributed by atoms with Crippen LogP contribution in [-0.4, -0.2) is 116 Å². The highest BCUT2D eigenvalue weighted by Gasteiger charge is 2.62. The van der Waals surface area contributed by atoms with Gasteiger partial charge in [-0.1, -0.05) is 32.4 Å². The molecule has 1 saturated heterocycles. The van der Waals surface area contributed by atoms with Gasteiger partial charge in [-0.15, -0.1) is 0 Å². The van der Waals surface area contributed by atoms with Crippen molar-refractivity contribution in [2.45, 2.75) is 120 Å². The van der Waals surface area contributed by atoms with Crippen molar-refractivity contribution in [2.24, 2.45) is 17.8 Å². The topological polar surface area (TPSA) is 198 Å². The molecule has 2 aromatic rings. The third-order valence-electron chi connectivity index (χ3n) is 11.8. The first-order valence-electron chi connectivity index (χ1n) is 20.2. The zero-order valence-corrected chi connectivity index (χ0v) is 35.6. The number of aromatic nitrogens is 2. The fourth-order valence-corrected chi connectivity index (χ4v) is 9.19. The number of nitrogens with zero attached hydrogens (tertiary/aromatic N) is 4. The molecule has 0 spiro atoms. The minimum atomic E-state index is -4.92. The number of carbonyl (C=O) groups excluding carboxylic acids is 4. The highest BCUT2D eigenvalue weighted by molar-refractivity contribution is 7.91. The normalized spacial score (nSPS) is 27.7. The van der Waals surface area contributed by atoms with E-state index in [-0.39, 0.29) is 31.2 Å². The molecule has 2 saturated carbocycles. The van der Waals surface area contributed by atoms with Crippen LogP contribution in [-0.2, 0) is 29.1 Å². The molecule has 7 unspecified atom stereocenters. The molecule has 3 fully saturated rings. The number of benzene rings is 1. The molecule has 60 heavy (non-hydrogen) atoms. The molecular formula is C40H54F3N7O9S. The van der Waals surface area contributed by atoms with Crippen LogP contribution in [0.2, 0.25) is 0 Å². The van der Waals surface area contributed by atoms with Crippen molar-refractivity contribution in [2.75, 3.05) is 32.6 Å². The van der Waals surface area contributed by atoms with E-state index in [2.05, 4.69) is 15.4 Å². The zero-order chi connectivity index (χ0) is 43.9. The number of carbonyl (C=O) groups is 4. The first-order chi connectivity index (χ1) is 28.1. The second-order valence-electron chi connectivity index (χ2n) is 17.1. The maximum atomic E-state index is 14.9. The number of fused-ring (bicyclic) bond motifs is 3. The van der Waals surface area contributed by atoms with Gasteiger partial charge in [0.2, 0.25) is 27.4 Å². The minimum Gasteiger partial charge on any atom is -0.497 e. The van der Waals surface area contributed by atoms with Crippen molar-refractivity contribution < 1.29 is 55.0 Å². The van der Waals surface area contributed by atoms with Crippen LogP contribution < -0.4 is 29.7 Å². The standard InChI is InChI=1S/C40H54F3N7O9S/c1-8-23-17-22(2)11-9-10-12-24-20-39(24,36(53)48-60(55,56)27-14-15-27)47-33(51)30-19-26(21-50(30)35(52)31(23)46-37(54)59-38(3,4)40(41,42)43)58-34-32(49(5)6)44-29-18-25(57-7)13-16-28(29)45-34/h10,12-13,16,18,22-24,26-27,30-31H,8-9,11,14-15,17,19-21H2,1-7H3,(H,46,54)(H,47,51)(H,48,53). The van der Waals surface area contributed by atoms with E-state index in [9.17, 15) is 40.8 Å². The van der Waals surface area contributed by atoms with Crippen LogP contribution >= 0.6 is 0 Å². The van der Waals surface area contributed by atoms with Gasteiger partial charge in [-0.2, -0.15) is 13.2 Å². The Morgan fingerprint density at radius 1 is 1.08 bits per heavy atom. The Kier molecular flexibility index (Phi) is 12.6. The van der Waals surface area contributed by atoms with Gasteiger partial charge in [0, 0.05) is 32.5 Å². The van der Waals surface area contributed by atoms with Crippen molar-refractivity contribution in [3.8, 4) is 11.6 Å². The first-order valence-corrected chi connectivity index (χ1v) is 21.7. The second-order valence-corrected chi connectivity index (χ2v) is 19.0. The molecule has 330 valence electrons. The van der Waals surface area contributed by atoms with Crippen LogP contribution in [0.4, 0.5) is 23.8 Å². The Morgan fingerprint density at radius 3 is 2.43 bits per heavy atom. The van der Waals surface area contributed by atoms with E-state index < -0.39 is 86.4 Å². The van der Waals surface area contributed by atoms with Gasteiger partial charge < -0.3 is 34.6 Å². The Hall–Kier alpha value is -4.88. The molecule has 0 bridgehead atoms. The predicted molar refractivity (Wildman–Crippen MR) is 213 cm³/mol. The van der Waals surface area contributed by atoms with E-state index in [4.69, 9.17) is 24.2 Å². The van der Waals surface area contributed by atoms with E-state index >= 15 is 0 Å². The van der Waals surface area contributed by atoms with Gasteiger partial charge in [0.15, 0.2) is 5.82 Å². The SMILES string of the molecule is CCC1CC(C)CCC=CC2CC2(C(=O)NS(=O)(=O)C2CC2)NC(=O)C2CC(Oc3nc4ccc(OC)cc4nc3N(C)C)CN2C(=O)C1NC(=O)OC(C)(C)C(F)(F)F. The summed E-state index contributed by atoms with van der Waals surface area (Å²) in [6.07, 6.45) is -1.01. The lowest BCUT2D eigenvalue weighted by molar-refractivity contribution is -0.244. The number of halogens is 3. The number of methoxy groups -OCH3 is 1. The number of alkyl carbamates (subject to hydrolysis) is 1. The van der Waals surface area contributed by atoms with E-state index in [1.165, 1.54) is 12.0 Å². The maximum absolute atomic E-state index is 14.9. The van der Waals surface area contributed by atoms with Crippen LogP contribution in [0.5, 0.6) is 11.6 Å². The van der Waals surface area contributed by atoms with E-state index in [1.54, 1.807) is 50.2 Å². The second kappa shape index (κ2) is 16.9. The Morgan fingerprint density at radius 2 is 1.80 bits per heavy atom. The van der Waals surface area contributed by atoms with Crippen molar-refractivity contribution >= 4 is 50.7 Å². The minimum absolute atomic E-state index is 0.0403. The monoisotopic (exact) mass is 865 g/mol. The first kappa shape index (κ1) is 44.7. The molecule has 3 heterocycles.